The Morgan fingerprint density at radius 2 is 1.69 bits per heavy atom. The Balaban J connectivity index is 1.63. The van der Waals surface area contributed by atoms with Crippen LogP contribution in [0.1, 0.15) is 35.4 Å². The number of nitrogens with zero attached hydrogens (tertiary/aromatic N) is 2. The van der Waals surface area contributed by atoms with Crippen molar-refractivity contribution in [1.82, 2.24) is 5.01 Å². The highest BCUT2D eigenvalue weighted by molar-refractivity contribution is 6.30. The van der Waals surface area contributed by atoms with Gasteiger partial charge >= 0.3 is 0 Å². The zero-order valence-electron chi connectivity index (χ0n) is 18.0. The number of fused-ring (bicyclic) bond motifs is 3. The summed E-state index contributed by atoms with van der Waals surface area (Å²) in [5.41, 5.74) is 3.91. The molecule has 32 heavy (non-hydrogen) atoms. The second kappa shape index (κ2) is 8.28. The predicted octanol–water partition coefficient (Wildman–Crippen LogP) is 5.61. The third-order valence-electron chi connectivity index (χ3n) is 5.88. The average molecular weight is 451 g/mol. The van der Waals surface area contributed by atoms with Crippen LogP contribution in [-0.4, -0.2) is 32.0 Å². The fourth-order valence-corrected chi connectivity index (χ4v) is 4.41. The Hall–Kier alpha value is -3.38. The van der Waals surface area contributed by atoms with Crippen molar-refractivity contribution in [2.24, 2.45) is 5.10 Å². The van der Waals surface area contributed by atoms with Gasteiger partial charge in [0.05, 0.1) is 38.6 Å². The lowest BCUT2D eigenvalue weighted by molar-refractivity contribution is -0.0222. The minimum atomic E-state index is -0.491. The van der Waals surface area contributed by atoms with E-state index in [-0.39, 0.29) is 6.04 Å². The highest BCUT2D eigenvalue weighted by Crippen LogP contribution is 2.52. The summed E-state index contributed by atoms with van der Waals surface area (Å²) < 4.78 is 23.2. The summed E-state index contributed by atoms with van der Waals surface area (Å²) in [5.74, 6) is 2.80. The molecule has 0 spiro atoms. The van der Waals surface area contributed by atoms with E-state index >= 15 is 0 Å². The smallest absolute Gasteiger partial charge is 0.217 e. The van der Waals surface area contributed by atoms with Gasteiger partial charge in [-0.1, -0.05) is 35.9 Å². The van der Waals surface area contributed by atoms with Crippen LogP contribution in [0.25, 0.3) is 0 Å². The molecule has 164 valence electrons. The van der Waals surface area contributed by atoms with Crippen LogP contribution >= 0.6 is 11.6 Å². The summed E-state index contributed by atoms with van der Waals surface area (Å²) >= 11 is 6.09. The van der Waals surface area contributed by atoms with Crippen molar-refractivity contribution in [3.8, 4) is 23.0 Å². The van der Waals surface area contributed by atoms with Gasteiger partial charge in [-0.2, -0.15) is 5.10 Å². The Morgan fingerprint density at radius 3 is 2.41 bits per heavy atom. The summed E-state index contributed by atoms with van der Waals surface area (Å²) in [6, 6.07) is 19.4. The number of hydrogen-bond donors (Lipinski definition) is 0. The molecule has 0 radical (unpaired) electrons. The van der Waals surface area contributed by atoms with Gasteiger partial charge in [0, 0.05) is 23.1 Å². The maximum Gasteiger partial charge on any atom is 0.217 e. The van der Waals surface area contributed by atoms with Gasteiger partial charge < -0.3 is 18.9 Å². The van der Waals surface area contributed by atoms with Crippen LogP contribution in [0.2, 0.25) is 5.02 Å². The second-order valence-electron chi connectivity index (χ2n) is 7.61. The summed E-state index contributed by atoms with van der Waals surface area (Å²) in [6.07, 6.45) is 0.245. The lowest BCUT2D eigenvalue weighted by atomic mass is 9.95. The van der Waals surface area contributed by atoms with Gasteiger partial charge in [-0.3, -0.25) is 0 Å². The standard InChI is InChI=1S/C25H23ClN2O4/c1-29-17-11-12-19(23(13-17)31-3)25-28-21(18-5-4-6-22(30-2)24(18)32-25)14-20(27-28)15-7-9-16(26)10-8-15/h4-13,21,25H,14H2,1-3H3. The fourth-order valence-electron chi connectivity index (χ4n) is 4.29. The van der Waals surface area contributed by atoms with Crippen LogP contribution in [0.15, 0.2) is 65.8 Å². The molecule has 2 unspecified atom stereocenters. The molecule has 3 aromatic rings. The van der Waals surface area contributed by atoms with E-state index in [1.165, 1.54) is 0 Å². The summed E-state index contributed by atoms with van der Waals surface area (Å²) in [5, 5.41) is 7.70. The molecule has 0 saturated carbocycles. The zero-order valence-corrected chi connectivity index (χ0v) is 18.8. The molecule has 0 fully saturated rings. The molecule has 7 heteroatoms. The lowest BCUT2D eigenvalue weighted by Gasteiger charge is -2.39. The number of halogens is 1. The van der Waals surface area contributed by atoms with E-state index < -0.39 is 6.23 Å². The molecule has 5 rings (SSSR count). The predicted molar refractivity (Wildman–Crippen MR) is 123 cm³/mol. The van der Waals surface area contributed by atoms with Crippen molar-refractivity contribution in [1.29, 1.82) is 0 Å². The topological polar surface area (TPSA) is 52.5 Å². The molecule has 6 nitrogen and oxygen atoms in total. The van der Waals surface area contributed by atoms with Crippen molar-refractivity contribution in [3.05, 3.63) is 82.4 Å². The van der Waals surface area contributed by atoms with E-state index in [9.17, 15) is 0 Å². The Morgan fingerprint density at radius 1 is 0.906 bits per heavy atom. The van der Waals surface area contributed by atoms with Crippen LogP contribution in [-0.2, 0) is 0 Å². The lowest BCUT2D eigenvalue weighted by Crippen LogP contribution is -2.34. The van der Waals surface area contributed by atoms with Gasteiger partial charge in [-0.15, -0.1) is 0 Å². The number of hydrogen-bond acceptors (Lipinski definition) is 6. The first kappa shape index (κ1) is 20.5. The minimum absolute atomic E-state index is 0.00339. The zero-order chi connectivity index (χ0) is 22.2. The minimum Gasteiger partial charge on any atom is -0.497 e. The summed E-state index contributed by atoms with van der Waals surface area (Å²) in [7, 11) is 4.92. The van der Waals surface area contributed by atoms with Crippen molar-refractivity contribution >= 4 is 17.3 Å². The van der Waals surface area contributed by atoms with Gasteiger partial charge in [0.25, 0.3) is 0 Å². The number of rotatable bonds is 5. The molecule has 0 saturated heterocycles. The highest BCUT2D eigenvalue weighted by Gasteiger charge is 2.43. The Bertz CT molecular complexity index is 1180. The Labute approximate surface area is 191 Å². The normalized spacial score (nSPS) is 18.9. The molecule has 3 aromatic carbocycles. The summed E-state index contributed by atoms with van der Waals surface area (Å²) in [4.78, 5) is 0. The van der Waals surface area contributed by atoms with Crippen molar-refractivity contribution < 1.29 is 18.9 Å². The number of benzene rings is 3. The summed E-state index contributed by atoms with van der Waals surface area (Å²) in [6.45, 7) is 0. The van der Waals surface area contributed by atoms with Crippen LogP contribution in [0.5, 0.6) is 23.0 Å². The van der Waals surface area contributed by atoms with E-state index in [2.05, 4.69) is 6.07 Å². The monoisotopic (exact) mass is 450 g/mol. The van der Waals surface area contributed by atoms with Crippen molar-refractivity contribution in [3.63, 3.8) is 0 Å². The average Bonchev–Trinajstić information content (AvgIpc) is 3.29. The number of hydrazone groups is 1. The van der Waals surface area contributed by atoms with Crippen LogP contribution in [0.4, 0.5) is 0 Å². The number of ether oxygens (including phenoxy) is 4. The molecule has 0 N–H and O–H groups in total. The fraction of sp³-hybridized carbons (Fsp3) is 0.240. The molecule has 0 aliphatic carbocycles. The van der Waals surface area contributed by atoms with E-state index in [0.29, 0.717) is 22.3 Å². The quantitative estimate of drug-likeness (QED) is 0.505. The molecule has 0 amide bonds. The SMILES string of the molecule is COc1ccc(C2Oc3c(OC)cccc3C3CC(c4ccc(Cl)cc4)=NN32)c(OC)c1. The molecular formula is C25H23ClN2O4. The van der Waals surface area contributed by atoms with E-state index in [1.54, 1.807) is 21.3 Å². The molecule has 2 aliphatic heterocycles. The van der Waals surface area contributed by atoms with E-state index in [0.717, 1.165) is 34.6 Å². The van der Waals surface area contributed by atoms with Crippen molar-refractivity contribution in [2.45, 2.75) is 18.7 Å². The van der Waals surface area contributed by atoms with Crippen LogP contribution in [0.3, 0.4) is 0 Å². The Kier molecular flexibility index (Phi) is 5.31. The first-order valence-corrected chi connectivity index (χ1v) is 10.7. The van der Waals surface area contributed by atoms with Gasteiger partial charge in [-0.05, 0) is 35.9 Å². The largest absolute Gasteiger partial charge is 0.497 e. The van der Waals surface area contributed by atoms with Gasteiger partial charge in [-0.25, -0.2) is 5.01 Å². The molecule has 2 heterocycles. The number of para-hydroxylation sites is 1. The molecule has 2 aliphatic rings. The highest BCUT2D eigenvalue weighted by atomic mass is 35.5. The van der Waals surface area contributed by atoms with E-state index in [1.807, 2.05) is 59.6 Å². The molecular weight excluding hydrogens is 428 g/mol. The third-order valence-corrected chi connectivity index (χ3v) is 6.14. The van der Waals surface area contributed by atoms with Crippen LogP contribution < -0.4 is 18.9 Å². The molecule has 0 bridgehead atoms. The first-order chi connectivity index (χ1) is 15.6. The molecule has 0 aromatic heterocycles. The van der Waals surface area contributed by atoms with Crippen LogP contribution in [0, 0.1) is 0 Å². The molecule has 2 atom stereocenters. The maximum absolute atomic E-state index is 6.53. The number of methoxy groups -OCH3 is 3. The van der Waals surface area contributed by atoms with Gasteiger partial charge in [0.1, 0.15) is 11.5 Å². The van der Waals surface area contributed by atoms with Crippen molar-refractivity contribution in [2.75, 3.05) is 21.3 Å². The third kappa shape index (κ3) is 3.41. The second-order valence-corrected chi connectivity index (χ2v) is 8.05. The first-order valence-electron chi connectivity index (χ1n) is 10.3. The van der Waals surface area contributed by atoms with Gasteiger partial charge in [0.15, 0.2) is 11.5 Å². The maximum atomic E-state index is 6.53. The van der Waals surface area contributed by atoms with E-state index in [4.69, 9.17) is 35.6 Å². The van der Waals surface area contributed by atoms with Gasteiger partial charge in [0.2, 0.25) is 6.23 Å².